The van der Waals surface area contributed by atoms with E-state index in [0.717, 1.165) is 12.8 Å². The van der Waals surface area contributed by atoms with Crippen molar-refractivity contribution >= 4 is 23.0 Å². The Morgan fingerprint density at radius 1 is 1.26 bits per heavy atom. The minimum absolute atomic E-state index is 0.0908. The fourth-order valence-corrected chi connectivity index (χ4v) is 2.46. The number of anilines is 1. The van der Waals surface area contributed by atoms with E-state index in [2.05, 4.69) is 15.4 Å². The summed E-state index contributed by atoms with van der Waals surface area (Å²) in [5, 5.41) is 6.53. The van der Waals surface area contributed by atoms with E-state index in [1.165, 1.54) is 18.9 Å². The van der Waals surface area contributed by atoms with Gasteiger partial charge in [0.15, 0.2) is 5.11 Å². The first kappa shape index (κ1) is 14.0. The Hall–Kier alpha value is -1.43. The van der Waals surface area contributed by atoms with E-state index in [1.807, 2.05) is 0 Å². The van der Waals surface area contributed by atoms with Crippen molar-refractivity contribution in [2.24, 2.45) is 0 Å². The fourth-order valence-electron chi connectivity index (χ4n) is 2.18. The van der Waals surface area contributed by atoms with Crippen LogP contribution in [0.1, 0.15) is 25.7 Å². The van der Waals surface area contributed by atoms with Gasteiger partial charge >= 0.3 is 6.61 Å². The van der Waals surface area contributed by atoms with E-state index < -0.39 is 6.61 Å². The van der Waals surface area contributed by atoms with Gasteiger partial charge in [-0.05, 0) is 37.2 Å². The minimum Gasteiger partial charge on any atom is -0.433 e. The lowest BCUT2D eigenvalue weighted by Gasteiger charge is -2.17. The molecule has 1 saturated carbocycles. The van der Waals surface area contributed by atoms with Crippen LogP contribution in [0.2, 0.25) is 0 Å². The number of halogens is 2. The van der Waals surface area contributed by atoms with Gasteiger partial charge in [0.25, 0.3) is 0 Å². The van der Waals surface area contributed by atoms with Gasteiger partial charge in [-0.3, -0.25) is 0 Å². The van der Waals surface area contributed by atoms with Crippen LogP contribution in [0.5, 0.6) is 5.75 Å². The first-order valence-electron chi connectivity index (χ1n) is 6.26. The lowest BCUT2D eigenvalue weighted by Crippen LogP contribution is -2.36. The van der Waals surface area contributed by atoms with Crippen molar-refractivity contribution in [3.8, 4) is 5.75 Å². The van der Waals surface area contributed by atoms with Crippen LogP contribution in [0.25, 0.3) is 0 Å². The molecular formula is C13H16F2N2OS. The fraction of sp³-hybridized carbons (Fsp3) is 0.462. The highest BCUT2D eigenvalue weighted by Gasteiger charge is 2.16. The predicted molar refractivity (Wildman–Crippen MR) is 74.7 cm³/mol. The molecule has 0 aromatic heterocycles. The molecule has 0 radical (unpaired) electrons. The molecule has 3 nitrogen and oxygen atoms in total. The highest BCUT2D eigenvalue weighted by atomic mass is 32.1. The van der Waals surface area contributed by atoms with Gasteiger partial charge in [-0.1, -0.05) is 25.0 Å². The molecule has 1 aromatic rings. The van der Waals surface area contributed by atoms with Crippen LogP contribution in [-0.2, 0) is 0 Å². The number of thiocarbonyl (C=S) groups is 1. The highest BCUT2D eigenvalue weighted by molar-refractivity contribution is 7.80. The molecule has 6 heteroatoms. The van der Waals surface area contributed by atoms with E-state index >= 15 is 0 Å². The van der Waals surface area contributed by atoms with Gasteiger partial charge in [-0.2, -0.15) is 8.78 Å². The molecule has 0 bridgehead atoms. The van der Waals surface area contributed by atoms with Crippen LogP contribution in [0.4, 0.5) is 14.5 Å². The Balaban J connectivity index is 1.95. The maximum absolute atomic E-state index is 12.3. The van der Waals surface area contributed by atoms with Crippen LogP contribution in [0, 0.1) is 0 Å². The normalized spacial score (nSPS) is 15.5. The van der Waals surface area contributed by atoms with Gasteiger partial charge in [0.2, 0.25) is 0 Å². The SMILES string of the molecule is FC(F)Oc1ccccc1NC(=S)NC1CCCC1. The average molecular weight is 286 g/mol. The molecule has 104 valence electrons. The zero-order valence-corrected chi connectivity index (χ0v) is 11.2. The van der Waals surface area contributed by atoms with Crippen molar-refractivity contribution in [2.75, 3.05) is 5.32 Å². The Morgan fingerprint density at radius 2 is 1.95 bits per heavy atom. The maximum Gasteiger partial charge on any atom is 0.387 e. The lowest BCUT2D eigenvalue weighted by molar-refractivity contribution is -0.0493. The molecule has 0 atom stereocenters. The van der Waals surface area contributed by atoms with E-state index in [-0.39, 0.29) is 5.75 Å². The number of rotatable bonds is 4. The first-order chi connectivity index (χ1) is 9.15. The first-order valence-corrected chi connectivity index (χ1v) is 6.67. The van der Waals surface area contributed by atoms with Crippen molar-refractivity contribution in [1.29, 1.82) is 0 Å². The van der Waals surface area contributed by atoms with Gasteiger partial charge in [-0.25, -0.2) is 0 Å². The third-order valence-corrected chi connectivity index (χ3v) is 3.26. The van der Waals surface area contributed by atoms with Gasteiger partial charge in [-0.15, -0.1) is 0 Å². The second-order valence-corrected chi connectivity index (χ2v) is 4.86. The smallest absolute Gasteiger partial charge is 0.387 e. The molecular weight excluding hydrogens is 270 g/mol. The molecule has 1 fully saturated rings. The number of alkyl halides is 2. The third-order valence-electron chi connectivity index (χ3n) is 3.04. The number of benzene rings is 1. The summed E-state index contributed by atoms with van der Waals surface area (Å²) in [4.78, 5) is 0. The number of hydrogen-bond donors (Lipinski definition) is 2. The Kier molecular flexibility index (Phi) is 4.90. The van der Waals surface area contributed by atoms with Gasteiger partial charge in [0, 0.05) is 6.04 Å². The summed E-state index contributed by atoms with van der Waals surface area (Å²) in [5.74, 6) is 0.0908. The summed E-state index contributed by atoms with van der Waals surface area (Å²) >= 11 is 5.18. The molecule has 0 aliphatic heterocycles. The minimum atomic E-state index is -2.85. The summed E-state index contributed by atoms with van der Waals surface area (Å²) < 4.78 is 29.0. The second-order valence-electron chi connectivity index (χ2n) is 4.45. The van der Waals surface area contributed by atoms with Crippen LogP contribution < -0.4 is 15.4 Å². The van der Waals surface area contributed by atoms with Crippen molar-refractivity contribution in [3.63, 3.8) is 0 Å². The topological polar surface area (TPSA) is 33.3 Å². The van der Waals surface area contributed by atoms with E-state index in [9.17, 15) is 8.78 Å². The summed E-state index contributed by atoms with van der Waals surface area (Å²) in [5.41, 5.74) is 0.443. The molecule has 1 aliphatic rings. The third kappa shape index (κ3) is 4.31. The summed E-state index contributed by atoms with van der Waals surface area (Å²) in [6.45, 7) is -2.85. The monoisotopic (exact) mass is 286 g/mol. The lowest BCUT2D eigenvalue weighted by atomic mass is 10.2. The van der Waals surface area contributed by atoms with Crippen LogP contribution in [0.15, 0.2) is 24.3 Å². The van der Waals surface area contributed by atoms with Crippen LogP contribution >= 0.6 is 12.2 Å². The average Bonchev–Trinajstić information content (AvgIpc) is 2.83. The predicted octanol–water partition coefficient (Wildman–Crippen LogP) is 3.52. The summed E-state index contributed by atoms with van der Waals surface area (Å²) in [7, 11) is 0. The molecule has 1 aliphatic carbocycles. The molecule has 0 heterocycles. The number of hydrogen-bond acceptors (Lipinski definition) is 2. The van der Waals surface area contributed by atoms with Crippen molar-refractivity contribution in [3.05, 3.63) is 24.3 Å². The Morgan fingerprint density at radius 3 is 2.63 bits per heavy atom. The molecule has 19 heavy (non-hydrogen) atoms. The zero-order valence-electron chi connectivity index (χ0n) is 10.4. The van der Waals surface area contributed by atoms with E-state index in [1.54, 1.807) is 18.2 Å². The molecule has 2 rings (SSSR count). The van der Waals surface area contributed by atoms with Crippen LogP contribution in [-0.4, -0.2) is 17.8 Å². The molecule has 1 aromatic carbocycles. The maximum atomic E-state index is 12.3. The molecule has 0 unspecified atom stereocenters. The number of para-hydroxylation sites is 2. The van der Waals surface area contributed by atoms with Gasteiger partial charge in [0.05, 0.1) is 5.69 Å². The van der Waals surface area contributed by atoms with Crippen molar-refractivity contribution in [1.82, 2.24) is 5.32 Å². The van der Waals surface area contributed by atoms with E-state index in [0.29, 0.717) is 16.8 Å². The van der Waals surface area contributed by atoms with Crippen LogP contribution in [0.3, 0.4) is 0 Å². The zero-order chi connectivity index (χ0) is 13.7. The molecule has 2 N–H and O–H groups in total. The van der Waals surface area contributed by atoms with E-state index in [4.69, 9.17) is 12.2 Å². The van der Waals surface area contributed by atoms with Crippen molar-refractivity contribution < 1.29 is 13.5 Å². The van der Waals surface area contributed by atoms with Gasteiger partial charge < -0.3 is 15.4 Å². The molecule has 0 saturated heterocycles. The van der Waals surface area contributed by atoms with Crippen molar-refractivity contribution in [2.45, 2.75) is 38.3 Å². The summed E-state index contributed by atoms with van der Waals surface area (Å²) in [6, 6.07) is 6.88. The quantitative estimate of drug-likeness (QED) is 0.830. The standard InChI is InChI=1S/C13H16F2N2OS/c14-12(15)18-11-8-4-3-7-10(11)17-13(19)16-9-5-1-2-6-9/h3-4,7-9,12H,1-2,5-6H2,(H2,16,17,19). The molecule has 0 amide bonds. The van der Waals surface area contributed by atoms with Gasteiger partial charge in [0.1, 0.15) is 5.75 Å². The molecule has 0 spiro atoms. The number of nitrogens with one attached hydrogen (secondary N) is 2. The second kappa shape index (κ2) is 6.65. The highest BCUT2D eigenvalue weighted by Crippen LogP contribution is 2.25. The Labute approximate surface area is 116 Å². The Bertz CT molecular complexity index is 436. The number of ether oxygens (including phenoxy) is 1. The largest absolute Gasteiger partial charge is 0.433 e. The summed E-state index contributed by atoms with van der Waals surface area (Å²) in [6.07, 6.45) is 4.59.